The highest BCUT2D eigenvalue weighted by molar-refractivity contribution is 5.98. The van der Waals surface area contributed by atoms with E-state index in [4.69, 9.17) is 4.98 Å². The number of amides is 1. The summed E-state index contributed by atoms with van der Waals surface area (Å²) >= 11 is 0. The molecule has 2 aromatic carbocycles. The number of hydrogen-bond donors (Lipinski definition) is 0. The zero-order valence-corrected chi connectivity index (χ0v) is 18.1. The maximum absolute atomic E-state index is 13.4. The lowest BCUT2D eigenvalue weighted by molar-refractivity contribution is 0.0736. The van der Waals surface area contributed by atoms with Crippen LogP contribution in [0, 0.1) is 6.92 Å². The molecule has 1 atom stereocenters. The second kappa shape index (κ2) is 8.29. The van der Waals surface area contributed by atoms with E-state index in [0.717, 1.165) is 57.4 Å². The zero-order chi connectivity index (χ0) is 21.4. The Labute approximate surface area is 182 Å². The topological polar surface area (TPSA) is 55.2 Å². The van der Waals surface area contributed by atoms with E-state index < -0.39 is 0 Å². The van der Waals surface area contributed by atoms with Crippen LogP contribution in [0.25, 0.3) is 10.9 Å². The van der Waals surface area contributed by atoms with Crippen LogP contribution in [-0.2, 0) is 13.0 Å². The Balaban J connectivity index is 1.49. The molecule has 1 saturated heterocycles. The van der Waals surface area contributed by atoms with Crippen molar-refractivity contribution in [3.8, 4) is 0 Å². The van der Waals surface area contributed by atoms with Crippen LogP contribution in [0.3, 0.4) is 0 Å². The van der Waals surface area contributed by atoms with E-state index in [2.05, 4.69) is 31.2 Å². The van der Waals surface area contributed by atoms with Gasteiger partial charge in [-0.25, -0.2) is 4.98 Å². The summed E-state index contributed by atoms with van der Waals surface area (Å²) in [5, 5.41) is 0.609. The van der Waals surface area contributed by atoms with E-state index in [1.807, 2.05) is 15.5 Å². The van der Waals surface area contributed by atoms with Crippen molar-refractivity contribution in [3.63, 3.8) is 0 Å². The second-order valence-corrected chi connectivity index (χ2v) is 8.95. The SMILES string of the molecule is Cc1ccc(C2CCCN2C(=O)c2ccc3c(=O)n4c(nc3c2)CCCCCC4)cc1. The number of aryl methyl sites for hydroxylation is 2. The van der Waals surface area contributed by atoms with E-state index in [1.54, 1.807) is 12.1 Å². The van der Waals surface area contributed by atoms with Crippen molar-refractivity contribution in [2.24, 2.45) is 0 Å². The molecule has 2 aliphatic heterocycles. The fraction of sp³-hybridized carbons (Fsp3) is 0.423. The molecule has 1 aromatic heterocycles. The minimum Gasteiger partial charge on any atom is -0.332 e. The predicted molar refractivity (Wildman–Crippen MR) is 122 cm³/mol. The lowest BCUT2D eigenvalue weighted by atomic mass is 10.0. The molecule has 0 spiro atoms. The number of aromatic nitrogens is 2. The first-order valence-corrected chi connectivity index (χ1v) is 11.5. The lowest BCUT2D eigenvalue weighted by Crippen LogP contribution is -2.31. The summed E-state index contributed by atoms with van der Waals surface area (Å²) in [6, 6.07) is 14.0. The van der Waals surface area contributed by atoms with Crippen molar-refractivity contribution < 1.29 is 4.79 Å². The first-order valence-electron chi connectivity index (χ1n) is 11.5. The van der Waals surface area contributed by atoms with E-state index in [9.17, 15) is 9.59 Å². The second-order valence-electron chi connectivity index (χ2n) is 8.95. The van der Waals surface area contributed by atoms with Crippen molar-refractivity contribution in [1.82, 2.24) is 14.5 Å². The van der Waals surface area contributed by atoms with Crippen molar-refractivity contribution in [1.29, 1.82) is 0 Å². The number of nitrogens with zero attached hydrogens (tertiary/aromatic N) is 3. The van der Waals surface area contributed by atoms with Gasteiger partial charge in [-0.15, -0.1) is 0 Å². The van der Waals surface area contributed by atoms with Gasteiger partial charge in [0.2, 0.25) is 0 Å². The summed E-state index contributed by atoms with van der Waals surface area (Å²) in [6.45, 7) is 3.58. The number of hydrogen-bond acceptors (Lipinski definition) is 3. The number of benzene rings is 2. The average Bonchev–Trinajstić information content (AvgIpc) is 3.25. The standard InChI is InChI=1S/C26H29N3O2/c1-18-9-11-19(12-10-18)23-7-6-16-28(23)25(30)20-13-14-21-22(17-20)27-24-8-4-2-3-5-15-29(24)26(21)31/h9-14,17,23H,2-8,15-16H2,1H3. The summed E-state index contributed by atoms with van der Waals surface area (Å²) in [6.07, 6.45) is 7.23. The molecule has 1 fully saturated rings. The van der Waals surface area contributed by atoms with Gasteiger partial charge in [0.25, 0.3) is 11.5 Å². The highest BCUT2D eigenvalue weighted by atomic mass is 16.2. The van der Waals surface area contributed by atoms with Gasteiger partial charge in [-0.05, 0) is 56.4 Å². The van der Waals surface area contributed by atoms with E-state index in [1.165, 1.54) is 17.5 Å². The van der Waals surface area contributed by atoms with Crippen molar-refractivity contribution in [2.75, 3.05) is 6.54 Å². The molecule has 0 bridgehead atoms. The molecule has 1 amide bonds. The normalized spacial score (nSPS) is 19.1. The van der Waals surface area contributed by atoms with Gasteiger partial charge in [0.1, 0.15) is 5.82 Å². The van der Waals surface area contributed by atoms with Gasteiger partial charge < -0.3 is 4.90 Å². The summed E-state index contributed by atoms with van der Waals surface area (Å²) in [5.74, 6) is 0.888. The number of rotatable bonds is 2. The number of likely N-dealkylation sites (tertiary alicyclic amines) is 1. The molecular weight excluding hydrogens is 386 g/mol. The third-order valence-electron chi connectivity index (χ3n) is 6.79. The van der Waals surface area contributed by atoms with Crippen molar-refractivity contribution in [3.05, 3.63) is 75.3 Å². The molecule has 5 nitrogen and oxygen atoms in total. The fourth-order valence-corrected chi connectivity index (χ4v) is 5.04. The van der Waals surface area contributed by atoms with Gasteiger partial charge in [0, 0.05) is 25.1 Å². The van der Waals surface area contributed by atoms with Crippen molar-refractivity contribution >= 4 is 16.8 Å². The van der Waals surface area contributed by atoms with E-state index in [-0.39, 0.29) is 17.5 Å². The molecule has 3 aromatic rings. The number of carbonyl (C=O) groups excluding carboxylic acids is 1. The Morgan fingerprint density at radius 1 is 0.968 bits per heavy atom. The maximum atomic E-state index is 13.4. The predicted octanol–water partition coefficient (Wildman–Crippen LogP) is 4.80. The summed E-state index contributed by atoms with van der Waals surface area (Å²) in [4.78, 5) is 33.3. The Kier molecular flexibility index (Phi) is 5.34. The molecule has 1 unspecified atom stereocenters. The molecule has 160 valence electrons. The van der Waals surface area contributed by atoms with Gasteiger partial charge in [-0.1, -0.05) is 42.7 Å². The van der Waals surface area contributed by atoms with Crippen LogP contribution in [0.2, 0.25) is 0 Å². The quantitative estimate of drug-likeness (QED) is 0.604. The van der Waals surface area contributed by atoms with Crippen LogP contribution in [0.5, 0.6) is 0 Å². The van der Waals surface area contributed by atoms with Gasteiger partial charge in [-0.2, -0.15) is 0 Å². The van der Waals surface area contributed by atoms with Crippen LogP contribution in [0.15, 0.2) is 47.3 Å². The largest absolute Gasteiger partial charge is 0.332 e. The van der Waals surface area contributed by atoms with Crippen LogP contribution in [-0.4, -0.2) is 26.9 Å². The van der Waals surface area contributed by atoms with Gasteiger partial charge in [0.05, 0.1) is 16.9 Å². The first kappa shape index (κ1) is 20.0. The molecule has 0 aliphatic carbocycles. The maximum Gasteiger partial charge on any atom is 0.261 e. The Morgan fingerprint density at radius 2 is 1.77 bits per heavy atom. The molecule has 31 heavy (non-hydrogen) atoms. The smallest absolute Gasteiger partial charge is 0.261 e. The van der Waals surface area contributed by atoms with E-state index in [0.29, 0.717) is 16.5 Å². The van der Waals surface area contributed by atoms with Crippen LogP contribution >= 0.6 is 0 Å². The first-order chi connectivity index (χ1) is 15.1. The fourth-order valence-electron chi connectivity index (χ4n) is 5.04. The van der Waals surface area contributed by atoms with E-state index >= 15 is 0 Å². The third-order valence-corrected chi connectivity index (χ3v) is 6.79. The third kappa shape index (κ3) is 3.78. The lowest BCUT2D eigenvalue weighted by Gasteiger charge is -2.25. The summed E-state index contributed by atoms with van der Waals surface area (Å²) in [5.41, 5.74) is 3.71. The Morgan fingerprint density at radius 3 is 2.61 bits per heavy atom. The molecule has 3 heterocycles. The molecule has 0 radical (unpaired) electrons. The summed E-state index contributed by atoms with van der Waals surface area (Å²) < 4.78 is 1.84. The minimum atomic E-state index is 0.0265. The van der Waals surface area contributed by atoms with Gasteiger partial charge in [-0.3, -0.25) is 14.2 Å². The molecule has 0 N–H and O–H groups in total. The zero-order valence-electron chi connectivity index (χ0n) is 18.1. The monoisotopic (exact) mass is 415 g/mol. The van der Waals surface area contributed by atoms with Crippen molar-refractivity contribution in [2.45, 2.75) is 64.5 Å². The molecule has 0 saturated carbocycles. The number of fused-ring (bicyclic) bond motifs is 2. The highest BCUT2D eigenvalue weighted by Gasteiger charge is 2.30. The van der Waals surface area contributed by atoms with Gasteiger partial charge in [0.15, 0.2) is 0 Å². The van der Waals surface area contributed by atoms with Crippen LogP contribution < -0.4 is 5.56 Å². The molecular formula is C26H29N3O2. The van der Waals surface area contributed by atoms with Gasteiger partial charge >= 0.3 is 0 Å². The molecule has 5 rings (SSSR count). The minimum absolute atomic E-state index is 0.0265. The van der Waals surface area contributed by atoms with Crippen LogP contribution in [0.4, 0.5) is 0 Å². The molecule has 2 aliphatic rings. The van der Waals surface area contributed by atoms with Crippen LogP contribution in [0.1, 0.15) is 71.9 Å². The number of carbonyl (C=O) groups is 1. The Bertz CT molecular complexity index is 1180. The average molecular weight is 416 g/mol. The Hall–Kier alpha value is -2.95. The highest BCUT2D eigenvalue weighted by Crippen LogP contribution is 2.33. The summed E-state index contributed by atoms with van der Waals surface area (Å²) in [7, 11) is 0. The molecule has 5 heteroatoms.